The summed E-state index contributed by atoms with van der Waals surface area (Å²) in [7, 11) is 1.16. The van der Waals surface area contributed by atoms with Crippen molar-refractivity contribution in [1.82, 2.24) is 4.57 Å². The average molecular weight is 261 g/mol. The molecule has 1 heterocycles. The van der Waals surface area contributed by atoms with Crippen LogP contribution in [0.4, 0.5) is 26.3 Å². The average Bonchev–Trinajstić information content (AvgIpc) is 2.43. The number of hydrogen-bond acceptors (Lipinski definition) is 0. The fourth-order valence-corrected chi connectivity index (χ4v) is 1.65. The minimum absolute atomic E-state index is 0.0405. The van der Waals surface area contributed by atoms with Crippen LogP contribution in [0, 0.1) is 0 Å². The molecule has 8 heteroatoms. The second-order valence-corrected chi connectivity index (χ2v) is 3.57. The number of aryl methyl sites for hydroxylation is 2. The molecule has 98 valence electrons. The first-order valence-electron chi connectivity index (χ1n) is 4.77. The third kappa shape index (κ3) is 2.73. The zero-order chi connectivity index (χ0) is 13.4. The summed E-state index contributed by atoms with van der Waals surface area (Å²) in [5.41, 5.74) is 0. The quantitative estimate of drug-likeness (QED) is 0.571. The molecule has 0 amide bonds. The van der Waals surface area contributed by atoms with Gasteiger partial charge >= 0.3 is 12.4 Å². The molecule has 0 aromatic carbocycles. The van der Waals surface area contributed by atoms with Crippen molar-refractivity contribution in [3.63, 3.8) is 0 Å². The summed E-state index contributed by atoms with van der Waals surface area (Å²) in [6.45, 7) is 1.52. The fraction of sp³-hybridized carbons (Fsp3) is 0.667. The lowest BCUT2D eigenvalue weighted by atomic mass is 10.1. The molecule has 0 saturated heterocycles. The monoisotopic (exact) mass is 261 g/mol. The standard InChI is InChI=1S/C9H11F6N2/c1-3-17-5-4-16(2)7(17)6(8(10,11)12)9(13,14)15/h4-6H,3H2,1-2H3/q+1. The Kier molecular flexibility index (Phi) is 3.45. The first-order valence-corrected chi connectivity index (χ1v) is 4.77. The van der Waals surface area contributed by atoms with Gasteiger partial charge in [0.15, 0.2) is 0 Å². The summed E-state index contributed by atoms with van der Waals surface area (Å²) >= 11 is 0. The van der Waals surface area contributed by atoms with E-state index in [0.717, 1.165) is 16.2 Å². The van der Waals surface area contributed by atoms with E-state index >= 15 is 0 Å². The van der Waals surface area contributed by atoms with Crippen molar-refractivity contribution < 1.29 is 30.9 Å². The van der Waals surface area contributed by atoms with Crippen LogP contribution in [0.3, 0.4) is 0 Å². The van der Waals surface area contributed by atoms with Crippen LogP contribution < -0.4 is 4.57 Å². The van der Waals surface area contributed by atoms with Gasteiger partial charge in [-0.25, -0.2) is 9.13 Å². The van der Waals surface area contributed by atoms with Gasteiger partial charge in [-0.1, -0.05) is 0 Å². The number of nitrogens with zero attached hydrogens (tertiary/aromatic N) is 2. The highest BCUT2D eigenvalue weighted by molar-refractivity contribution is 5.01. The lowest BCUT2D eigenvalue weighted by Crippen LogP contribution is -2.44. The Morgan fingerprint density at radius 1 is 1.18 bits per heavy atom. The molecule has 0 bridgehead atoms. The number of hydrogen-bond donors (Lipinski definition) is 0. The Labute approximate surface area is 93.5 Å². The molecule has 1 rings (SSSR count). The zero-order valence-electron chi connectivity index (χ0n) is 9.10. The van der Waals surface area contributed by atoms with E-state index in [1.165, 1.54) is 19.3 Å². The summed E-state index contributed by atoms with van der Waals surface area (Å²) in [6.07, 6.45) is -8.36. The Morgan fingerprint density at radius 3 is 2.00 bits per heavy atom. The van der Waals surface area contributed by atoms with Crippen LogP contribution in [0.1, 0.15) is 18.7 Å². The second kappa shape index (κ2) is 4.23. The summed E-state index contributed by atoms with van der Waals surface area (Å²) in [4.78, 5) is 0. The number of halogens is 6. The molecule has 2 nitrogen and oxygen atoms in total. The molecule has 0 aliphatic carbocycles. The predicted molar refractivity (Wildman–Crippen MR) is 46.1 cm³/mol. The van der Waals surface area contributed by atoms with Gasteiger partial charge in [0.2, 0.25) is 5.92 Å². The Balaban J connectivity index is 3.38. The van der Waals surface area contributed by atoms with E-state index < -0.39 is 24.1 Å². The molecular formula is C9H11F6N2+. The minimum Gasteiger partial charge on any atom is -0.236 e. The summed E-state index contributed by atoms with van der Waals surface area (Å²) in [6, 6.07) is 0. The number of rotatable bonds is 2. The molecule has 0 N–H and O–H groups in total. The van der Waals surface area contributed by atoms with Gasteiger partial charge in [-0.05, 0) is 6.92 Å². The van der Waals surface area contributed by atoms with Crippen LogP contribution in [0.5, 0.6) is 0 Å². The lowest BCUT2D eigenvalue weighted by molar-refractivity contribution is -0.683. The SMILES string of the molecule is CCn1cc[n+](C)c1C(C(F)(F)F)C(F)(F)F. The molecule has 0 fully saturated rings. The van der Waals surface area contributed by atoms with Gasteiger partial charge in [0.1, 0.15) is 12.4 Å². The second-order valence-electron chi connectivity index (χ2n) is 3.57. The highest BCUT2D eigenvalue weighted by Gasteiger charge is 2.62. The topological polar surface area (TPSA) is 8.81 Å². The van der Waals surface area contributed by atoms with Crippen molar-refractivity contribution in [2.75, 3.05) is 0 Å². The van der Waals surface area contributed by atoms with Crippen molar-refractivity contribution in [3.05, 3.63) is 18.2 Å². The molecule has 0 atom stereocenters. The molecule has 0 aliphatic heterocycles. The first kappa shape index (κ1) is 13.9. The molecule has 0 aliphatic rings. The first-order chi connectivity index (χ1) is 7.59. The van der Waals surface area contributed by atoms with Crippen LogP contribution in [0.25, 0.3) is 0 Å². The van der Waals surface area contributed by atoms with E-state index in [4.69, 9.17) is 0 Å². The van der Waals surface area contributed by atoms with Gasteiger partial charge in [0.25, 0.3) is 5.82 Å². The Morgan fingerprint density at radius 2 is 1.65 bits per heavy atom. The van der Waals surface area contributed by atoms with E-state index in [0.29, 0.717) is 0 Å². The van der Waals surface area contributed by atoms with Gasteiger partial charge in [-0.2, -0.15) is 26.3 Å². The van der Waals surface area contributed by atoms with Crippen molar-refractivity contribution >= 4 is 0 Å². The molecule has 0 radical (unpaired) electrons. The van der Waals surface area contributed by atoms with Crippen molar-refractivity contribution in [2.45, 2.75) is 31.7 Å². The summed E-state index contributed by atoms with van der Waals surface area (Å²) in [5, 5.41) is 0. The lowest BCUT2D eigenvalue weighted by Gasteiger charge is -2.20. The zero-order valence-corrected chi connectivity index (χ0v) is 9.10. The highest BCUT2D eigenvalue weighted by atomic mass is 19.4. The smallest absolute Gasteiger partial charge is 0.236 e. The van der Waals surface area contributed by atoms with Crippen LogP contribution in [0.2, 0.25) is 0 Å². The van der Waals surface area contributed by atoms with E-state index in [2.05, 4.69) is 0 Å². The molecular weight excluding hydrogens is 250 g/mol. The van der Waals surface area contributed by atoms with Gasteiger partial charge in [-0.3, -0.25) is 0 Å². The van der Waals surface area contributed by atoms with Gasteiger partial charge < -0.3 is 0 Å². The summed E-state index contributed by atoms with van der Waals surface area (Å²) in [5.74, 6) is -4.28. The molecule has 1 aromatic rings. The molecule has 1 aromatic heterocycles. The van der Waals surface area contributed by atoms with Crippen molar-refractivity contribution in [3.8, 4) is 0 Å². The van der Waals surface area contributed by atoms with E-state index in [9.17, 15) is 26.3 Å². The van der Waals surface area contributed by atoms with Crippen molar-refractivity contribution in [2.24, 2.45) is 7.05 Å². The largest absolute Gasteiger partial charge is 0.412 e. The van der Waals surface area contributed by atoms with Crippen LogP contribution >= 0.6 is 0 Å². The van der Waals surface area contributed by atoms with Crippen LogP contribution in [-0.2, 0) is 13.6 Å². The molecule has 0 spiro atoms. The van der Waals surface area contributed by atoms with Gasteiger partial charge in [0, 0.05) is 0 Å². The number of alkyl halides is 6. The number of imidazole rings is 1. The molecule has 0 unspecified atom stereocenters. The van der Waals surface area contributed by atoms with Crippen LogP contribution in [-0.4, -0.2) is 16.9 Å². The minimum atomic E-state index is -5.36. The molecule has 0 saturated carbocycles. The Bertz CT molecular complexity index is 375. The Hall–Kier alpha value is -1.21. The highest BCUT2D eigenvalue weighted by Crippen LogP contribution is 2.45. The predicted octanol–water partition coefficient (Wildman–Crippen LogP) is 2.54. The summed E-state index contributed by atoms with van der Waals surface area (Å²) < 4.78 is 77.0. The maximum atomic E-state index is 12.5. The van der Waals surface area contributed by atoms with E-state index in [-0.39, 0.29) is 6.54 Å². The third-order valence-corrected chi connectivity index (χ3v) is 2.38. The van der Waals surface area contributed by atoms with Crippen molar-refractivity contribution in [1.29, 1.82) is 0 Å². The van der Waals surface area contributed by atoms with E-state index in [1.807, 2.05) is 0 Å². The van der Waals surface area contributed by atoms with Gasteiger partial charge in [0.05, 0.1) is 13.6 Å². The third-order valence-electron chi connectivity index (χ3n) is 2.38. The number of aromatic nitrogens is 2. The maximum Gasteiger partial charge on any atom is 0.412 e. The fourth-order valence-electron chi connectivity index (χ4n) is 1.65. The normalized spacial score (nSPS) is 13.5. The van der Waals surface area contributed by atoms with Crippen LogP contribution in [0.15, 0.2) is 12.4 Å². The molecule has 17 heavy (non-hydrogen) atoms. The van der Waals surface area contributed by atoms with Gasteiger partial charge in [-0.15, -0.1) is 0 Å². The maximum absolute atomic E-state index is 12.5. The van der Waals surface area contributed by atoms with E-state index in [1.54, 1.807) is 0 Å².